The second-order valence-electron chi connectivity index (χ2n) is 5.00. The molecule has 0 saturated heterocycles. The maximum atomic E-state index is 11.9. The minimum Gasteiger partial charge on any atom is -0.457 e. The average molecular weight is 280 g/mol. The number of hydrogen-bond donors (Lipinski definition) is 0. The molecule has 0 radical (unpaired) electrons. The van der Waals surface area contributed by atoms with Gasteiger partial charge in [0.05, 0.1) is 0 Å². The predicted molar refractivity (Wildman–Crippen MR) is 80.6 cm³/mol. The molecule has 2 aliphatic heterocycles. The van der Waals surface area contributed by atoms with Crippen molar-refractivity contribution in [2.24, 2.45) is 0 Å². The van der Waals surface area contributed by atoms with Gasteiger partial charge in [0.15, 0.2) is 5.60 Å². The normalized spacial score (nSPS) is 27.3. The molecule has 106 valence electrons. The number of ether oxygens (including phenoxy) is 2. The van der Waals surface area contributed by atoms with Crippen LogP contribution in [0.1, 0.15) is 19.4 Å². The zero-order valence-electron chi connectivity index (χ0n) is 12.1. The summed E-state index contributed by atoms with van der Waals surface area (Å²) in [4.78, 5) is 11.9. The Hall–Kier alpha value is -2.55. The summed E-state index contributed by atoms with van der Waals surface area (Å²) in [5.74, 6) is 1.04. The molecule has 2 aliphatic rings. The maximum Gasteiger partial charge on any atom is 0.332 e. The van der Waals surface area contributed by atoms with Gasteiger partial charge in [-0.05, 0) is 31.6 Å². The summed E-state index contributed by atoms with van der Waals surface area (Å²) in [6.45, 7) is 7.55. The number of para-hydroxylation sites is 1. The third-order valence-corrected chi connectivity index (χ3v) is 3.82. The van der Waals surface area contributed by atoms with Crippen molar-refractivity contribution in [1.82, 2.24) is 0 Å². The number of carbonyl (C=O) groups excluding carboxylic acids is 1. The molecule has 0 aliphatic carbocycles. The molecule has 21 heavy (non-hydrogen) atoms. The summed E-state index contributed by atoms with van der Waals surface area (Å²) in [6, 6.07) is 7.62. The molecule has 3 rings (SSSR count). The van der Waals surface area contributed by atoms with Crippen molar-refractivity contribution in [3.8, 4) is 5.75 Å². The predicted octanol–water partition coefficient (Wildman–Crippen LogP) is 3.79. The van der Waals surface area contributed by atoms with Crippen LogP contribution in [-0.4, -0.2) is 5.97 Å². The molecule has 0 N–H and O–H groups in total. The smallest absolute Gasteiger partial charge is 0.332 e. The number of benzene rings is 1. The van der Waals surface area contributed by atoms with E-state index >= 15 is 0 Å². The highest BCUT2D eigenvalue weighted by Crippen LogP contribution is 2.53. The van der Waals surface area contributed by atoms with E-state index in [1.807, 2.05) is 50.3 Å². The lowest BCUT2D eigenvalue weighted by molar-refractivity contribution is -0.144. The number of rotatable bonds is 1. The average Bonchev–Trinajstić information content (AvgIpc) is 2.77. The molecule has 1 aromatic rings. The Balaban J connectivity index is 2.36. The zero-order valence-corrected chi connectivity index (χ0v) is 12.1. The third kappa shape index (κ3) is 1.77. The van der Waals surface area contributed by atoms with E-state index in [2.05, 4.69) is 6.58 Å². The minimum absolute atomic E-state index is 0.338. The molecule has 2 heterocycles. The van der Waals surface area contributed by atoms with Gasteiger partial charge in [-0.3, -0.25) is 0 Å². The molecular weight excluding hydrogens is 264 g/mol. The van der Waals surface area contributed by atoms with Gasteiger partial charge in [0.2, 0.25) is 0 Å². The van der Waals surface area contributed by atoms with Gasteiger partial charge >= 0.3 is 5.97 Å². The zero-order chi connectivity index (χ0) is 15.0. The van der Waals surface area contributed by atoms with Crippen molar-refractivity contribution in [3.63, 3.8) is 0 Å². The summed E-state index contributed by atoms with van der Waals surface area (Å²) < 4.78 is 11.7. The number of carbonyl (C=O) groups is 1. The van der Waals surface area contributed by atoms with Gasteiger partial charge in [0.1, 0.15) is 11.5 Å². The fraction of sp³-hybridized carbons (Fsp3) is 0.167. The van der Waals surface area contributed by atoms with Crippen LogP contribution in [0.2, 0.25) is 0 Å². The first-order valence-electron chi connectivity index (χ1n) is 6.82. The molecule has 0 saturated carbocycles. The molecule has 1 unspecified atom stereocenters. The quantitative estimate of drug-likeness (QED) is 0.734. The molecule has 3 heteroatoms. The summed E-state index contributed by atoms with van der Waals surface area (Å²) in [7, 11) is 0. The Kier molecular flexibility index (Phi) is 3.05. The molecule has 0 amide bonds. The van der Waals surface area contributed by atoms with Crippen LogP contribution in [0.4, 0.5) is 0 Å². The van der Waals surface area contributed by atoms with Crippen molar-refractivity contribution in [2.45, 2.75) is 19.4 Å². The van der Waals surface area contributed by atoms with Crippen LogP contribution in [0.25, 0.3) is 0 Å². The molecule has 0 bridgehead atoms. The lowest BCUT2D eigenvalue weighted by atomic mass is 9.77. The Morgan fingerprint density at radius 3 is 2.67 bits per heavy atom. The Bertz CT molecular complexity index is 722. The summed E-state index contributed by atoms with van der Waals surface area (Å²) in [5.41, 5.74) is 1.56. The van der Waals surface area contributed by atoms with Crippen LogP contribution >= 0.6 is 0 Å². The van der Waals surface area contributed by atoms with Gasteiger partial charge in [0, 0.05) is 17.2 Å². The van der Waals surface area contributed by atoms with Crippen molar-refractivity contribution in [1.29, 1.82) is 0 Å². The van der Waals surface area contributed by atoms with E-state index in [1.165, 1.54) is 6.08 Å². The standard InChI is InChI=1S/C18H16O3/c1-4-8-13-15(5-2)20-16-10-7-6-9-14(16)18(13)12(3)11-17(19)21-18/h4-11H,1H2,2-3H3/b13-8+,15-5+. The van der Waals surface area contributed by atoms with Crippen LogP contribution in [-0.2, 0) is 15.1 Å². The van der Waals surface area contributed by atoms with E-state index in [9.17, 15) is 4.79 Å². The highest BCUT2D eigenvalue weighted by Gasteiger charge is 2.51. The summed E-state index contributed by atoms with van der Waals surface area (Å²) in [6.07, 6.45) is 6.91. The van der Waals surface area contributed by atoms with Crippen LogP contribution in [0.3, 0.4) is 0 Å². The topological polar surface area (TPSA) is 35.5 Å². The monoisotopic (exact) mass is 280 g/mol. The van der Waals surface area contributed by atoms with Crippen LogP contribution < -0.4 is 4.74 Å². The SMILES string of the molecule is C=C/C=C1\C(=C/C)Oc2ccccc2C12OC(=O)C=C2C. The van der Waals surface area contributed by atoms with Gasteiger partial charge in [-0.1, -0.05) is 36.9 Å². The maximum absolute atomic E-state index is 11.9. The molecule has 1 atom stereocenters. The first-order valence-corrected chi connectivity index (χ1v) is 6.82. The van der Waals surface area contributed by atoms with E-state index in [-0.39, 0.29) is 5.97 Å². The van der Waals surface area contributed by atoms with Crippen molar-refractivity contribution in [3.05, 3.63) is 77.6 Å². The summed E-state index contributed by atoms with van der Waals surface area (Å²) >= 11 is 0. The lowest BCUT2D eigenvalue weighted by Gasteiger charge is -2.38. The van der Waals surface area contributed by atoms with Crippen LogP contribution in [0, 0.1) is 0 Å². The Morgan fingerprint density at radius 2 is 2.05 bits per heavy atom. The highest BCUT2D eigenvalue weighted by atomic mass is 16.6. The van der Waals surface area contributed by atoms with Gasteiger partial charge < -0.3 is 9.47 Å². The van der Waals surface area contributed by atoms with E-state index < -0.39 is 5.60 Å². The second kappa shape index (κ2) is 4.77. The number of hydrogen-bond acceptors (Lipinski definition) is 3. The molecular formula is C18H16O3. The third-order valence-electron chi connectivity index (χ3n) is 3.82. The highest BCUT2D eigenvalue weighted by molar-refractivity contribution is 5.89. The van der Waals surface area contributed by atoms with E-state index in [0.717, 1.165) is 16.7 Å². The molecule has 1 spiro atoms. The minimum atomic E-state index is -0.915. The van der Waals surface area contributed by atoms with Gasteiger partial charge in [-0.25, -0.2) is 4.79 Å². The van der Waals surface area contributed by atoms with Gasteiger partial charge in [-0.2, -0.15) is 0 Å². The van der Waals surface area contributed by atoms with E-state index in [1.54, 1.807) is 6.08 Å². The number of fused-ring (bicyclic) bond motifs is 2. The largest absolute Gasteiger partial charge is 0.457 e. The van der Waals surface area contributed by atoms with Crippen molar-refractivity contribution >= 4 is 5.97 Å². The van der Waals surface area contributed by atoms with Crippen molar-refractivity contribution < 1.29 is 14.3 Å². The molecule has 1 aromatic carbocycles. The number of allylic oxidation sites excluding steroid dienone is 3. The van der Waals surface area contributed by atoms with Gasteiger partial charge in [0.25, 0.3) is 0 Å². The molecule has 0 aromatic heterocycles. The fourth-order valence-corrected chi connectivity index (χ4v) is 2.94. The van der Waals surface area contributed by atoms with Crippen LogP contribution in [0.15, 0.2) is 72.1 Å². The van der Waals surface area contributed by atoms with E-state index in [4.69, 9.17) is 9.47 Å². The summed E-state index contributed by atoms with van der Waals surface area (Å²) in [5, 5.41) is 0. The molecule has 3 nitrogen and oxygen atoms in total. The fourth-order valence-electron chi connectivity index (χ4n) is 2.94. The Morgan fingerprint density at radius 1 is 1.29 bits per heavy atom. The Labute approximate surface area is 123 Å². The van der Waals surface area contributed by atoms with Crippen LogP contribution in [0.5, 0.6) is 5.75 Å². The van der Waals surface area contributed by atoms with Crippen molar-refractivity contribution in [2.75, 3.05) is 0 Å². The van der Waals surface area contributed by atoms with E-state index in [0.29, 0.717) is 11.5 Å². The first-order chi connectivity index (χ1) is 10.1. The number of esters is 1. The molecule has 0 fully saturated rings. The first kappa shape index (κ1) is 13.4. The second-order valence-corrected chi connectivity index (χ2v) is 5.00. The lowest BCUT2D eigenvalue weighted by Crippen LogP contribution is -2.36. The van der Waals surface area contributed by atoms with Gasteiger partial charge in [-0.15, -0.1) is 0 Å².